The molecule has 4 rings (SSSR count). The second-order valence-electron chi connectivity index (χ2n) is 6.70. The number of nitrogens with one attached hydrogen (secondary N) is 1. The van der Waals surface area contributed by atoms with Crippen LogP contribution in [0.1, 0.15) is 29.6 Å². The van der Waals surface area contributed by atoms with E-state index in [2.05, 4.69) is 22.2 Å². The minimum absolute atomic E-state index is 0.0307. The van der Waals surface area contributed by atoms with Crippen LogP contribution in [0.2, 0.25) is 0 Å². The first-order chi connectivity index (χ1) is 11.1. The van der Waals surface area contributed by atoms with Gasteiger partial charge in [-0.2, -0.15) is 0 Å². The van der Waals surface area contributed by atoms with E-state index in [1.54, 1.807) is 18.2 Å². The standard InChI is InChI=1S/C17H21N3O3/c1-19-7-6-12-3-4-13(9-19)20(12)17(22)11-2-5-15-14(8-11)18-16(21)10-23-15/h2,5,8,12-13H,3-4,6-7,9-10H2,1H3,(H,18,21)/t12-,13+/m0/s1. The number of hydrogen-bond acceptors (Lipinski definition) is 4. The summed E-state index contributed by atoms with van der Waals surface area (Å²) in [6.07, 6.45) is 3.20. The highest BCUT2D eigenvalue weighted by Crippen LogP contribution is 2.33. The Morgan fingerprint density at radius 2 is 2.09 bits per heavy atom. The maximum atomic E-state index is 13.0. The Bertz CT molecular complexity index is 660. The first-order valence-electron chi connectivity index (χ1n) is 8.20. The lowest BCUT2D eigenvalue weighted by Gasteiger charge is -2.29. The molecule has 0 saturated carbocycles. The van der Waals surface area contributed by atoms with Gasteiger partial charge in [0.2, 0.25) is 0 Å². The van der Waals surface area contributed by atoms with Gasteiger partial charge in [-0.3, -0.25) is 9.59 Å². The van der Waals surface area contributed by atoms with Crippen molar-refractivity contribution in [3.8, 4) is 5.75 Å². The van der Waals surface area contributed by atoms with Crippen LogP contribution in [0, 0.1) is 0 Å². The number of fused-ring (bicyclic) bond motifs is 3. The number of benzene rings is 1. The average molecular weight is 315 g/mol. The Kier molecular flexibility index (Phi) is 3.49. The minimum atomic E-state index is -0.182. The molecule has 3 aliphatic heterocycles. The van der Waals surface area contributed by atoms with Crippen LogP contribution in [-0.4, -0.2) is 60.4 Å². The summed E-state index contributed by atoms with van der Waals surface area (Å²) in [4.78, 5) is 28.9. The Labute approximate surface area is 135 Å². The van der Waals surface area contributed by atoms with Gasteiger partial charge in [-0.25, -0.2) is 0 Å². The SMILES string of the molecule is CN1CC[C@@H]2CC[C@H](C1)N2C(=O)c1ccc2c(c1)NC(=O)CO2. The third-order valence-electron chi connectivity index (χ3n) is 5.08. The second kappa shape index (κ2) is 5.53. The van der Waals surface area contributed by atoms with Crippen molar-refractivity contribution in [2.75, 3.05) is 32.1 Å². The molecule has 3 heterocycles. The van der Waals surface area contributed by atoms with Crippen molar-refractivity contribution in [3.63, 3.8) is 0 Å². The Morgan fingerprint density at radius 1 is 1.26 bits per heavy atom. The zero-order chi connectivity index (χ0) is 16.0. The summed E-state index contributed by atoms with van der Waals surface area (Å²) in [7, 11) is 2.12. The van der Waals surface area contributed by atoms with Gasteiger partial charge < -0.3 is 19.9 Å². The molecule has 1 aromatic carbocycles. The first-order valence-corrected chi connectivity index (χ1v) is 8.20. The third-order valence-corrected chi connectivity index (χ3v) is 5.08. The van der Waals surface area contributed by atoms with E-state index < -0.39 is 0 Å². The number of ether oxygens (including phenoxy) is 1. The highest BCUT2D eigenvalue weighted by molar-refractivity contribution is 6.00. The van der Waals surface area contributed by atoms with E-state index >= 15 is 0 Å². The molecule has 2 bridgehead atoms. The molecular formula is C17H21N3O3. The highest BCUT2D eigenvalue weighted by atomic mass is 16.5. The van der Waals surface area contributed by atoms with Gasteiger partial charge in [0.05, 0.1) is 5.69 Å². The van der Waals surface area contributed by atoms with E-state index in [-0.39, 0.29) is 18.4 Å². The van der Waals surface area contributed by atoms with E-state index in [1.165, 1.54) is 0 Å². The van der Waals surface area contributed by atoms with Gasteiger partial charge >= 0.3 is 0 Å². The molecule has 6 nitrogen and oxygen atoms in total. The molecule has 0 aliphatic carbocycles. The minimum Gasteiger partial charge on any atom is -0.482 e. The fourth-order valence-corrected chi connectivity index (χ4v) is 3.94. The summed E-state index contributed by atoms with van der Waals surface area (Å²) < 4.78 is 5.36. The normalized spacial score (nSPS) is 27.0. The zero-order valence-electron chi connectivity index (χ0n) is 13.2. The fourth-order valence-electron chi connectivity index (χ4n) is 3.94. The van der Waals surface area contributed by atoms with Crippen LogP contribution in [0.5, 0.6) is 5.75 Å². The lowest BCUT2D eigenvalue weighted by molar-refractivity contribution is -0.118. The largest absolute Gasteiger partial charge is 0.482 e. The number of nitrogens with zero attached hydrogens (tertiary/aromatic N) is 2. The van der Waals surface area contributed by atoms with Crippen molar-refractivity contribution >= 4 is 17.5 Å². The van der Waals surface area contributed by atoms with Crippen molar-refractivity contribution in [1.29, 1.82) is 0 Å². The van der Waals surface area contributed by atoms with Crippen LogP contribution in [0.4, 0.5) is 5.69 Å². The van der Waals surface area contributed by atoms with Crippen LogP contribution in [-0.2, 0) is 4.79 Å². The molecule has 1 aromatic rings. The van der Waals surface area contributed by atoms with Gasteiger partial charge in [0.15, 0.2) is 6.61 Å². The molecule has 23 heavy (non-hydrogen) atoms. The summed E-state index contributed by atoms with van der Waals surface area (Å²) in [5.74, 6) is 0.508. The number of carbonyl (C=O) groups is 2. The number of hydrogen-bond donors (Lipinski definition) is 1. The molecule has 0 radical (unpaired) electrons. The van der Waals surface area contributed by atoms with Gasteiger partial charge in [-0.1, -0.05) is 0 Å². The number of likely N-dealkylation sites (tertiary alicyclic amines) is 1. The number of carbonyl (C=O) groups excluding carboxylic acids is 2. The maximum Gasteiger partial charge on any atom is 0.262 e. The van der Waals surface area contributed by atoms with Gasteiger partial charge in [0, 0.05) is 24.2 Å². The first kappa shape index (κ1) is 14.5. The smallest absolute Gasteiger partial charge is 0.262 e. The van der Waals surface area contributed by atoms with Gasteiger partial charge in [0.1, 0.15) is 5.75 Å². The summed E-state index contributed by atoms with van der Waals surface area (Å²) in [6, 6.07) is 5.93. The quantitative estimate of drug-likeness (QED) is 0.849. The van der Waals surface area contributed by atoms with Crippen molar-refractivity contribution in [1.82, 2.24) is 9.80 Å². The second-order valence-corrected chi connectivity index (χ2v) is 6.70. The van der Waals surface area contributed by atoms with Crippen LogP contribution in [0.25, 0.3) is 0 Å². The Balaban J connectivity index is 1.62. The maximum absolute atomic E-state index is 13.0. The van der Waals surface area contributed by atoms with Crippen molar-refractivity contribution in [2.45, 2.75) is 31.3 Å². The van der Waals surface area contributed by atoms with Crippen molar-refractivity contribution < 1.29 is 14.3 Å². The van der Waals surface area contributed by atoms with Crippen molar-refractivity contribution in [3.05, 3.63) is 23.8 Å². The number of rotatable bonds is 1. The predicted molar refractivity (Wildman–Crippen MR) is 85.7 cm³/mol. The van der Waals surface area contributed by atoms with E-state index in [4.69, 9.17) is 4.74 Å². The molecule has 2 atom stereocenters. The molecule has 122 valence electrons. The lowest BCUT2D eigenvalue weighted by atomic mass is 10.1. The van der Waals surface area contributed by atoms with Crippen molar-refractivity contribution in [2.24, 2.45) is 0 Å². The van der Waals surface area contributed by atoms with Crippen LogP contribution < -0.4 is 10.1 Å². The predicted octanol–water partition coefficient (Wildman–Crippen LogP) is 1.33. The van der Waals surface area contributed by atoms with Gasteiger partial charge in [-0.05, 0) is 51.1 Å². The number of anilines is 1. The summed E-state index contributed by atoms with van der Waals surface area (Å²) >= 11 is 0. The Hall–Kier alpha value is -2.08. The molecule has 6 heteroatoms. The molecule has 0 aromatic heterocycles. The summed E-state index contributed by atoms with van der Waals surface area (Å²) in [6.45, 7) is 2.01. The molecular weight excluding hydrogens is 294 g/mol. The third kappa shape index (κ3) is 2.57. The van der Waals surface area contributed by atoms with E-state index in [9.17, 15) is 9.59 Å². The van der Waals surface area contributed by atoms with E-state index in [0.29, 0.717) is 29.1 Å². The molecule has 0 unspecified atom stereocenters. The van der Waals surface area contributed by atoms with Gasteiger partial charge in [0.25, 0.3) is 11.8 Å². The highest BCUT2D eigenvalue weighted by Gasteiger charge is 2.39. The van der Waals surface area contributed by atoms with Crippen LogP contribution in [0.15, 0.2) is 18.2 Å². The Morgan fingerprint density at radius 3 is 2.96 bits per heavy atom. The average Bonchev–Trinajstić information content (AvgIpc) is 2.85. The molecule has 0 spiro atoms. The number of amides is 2. The topological polar surface area (TPSA) is 61.9 Å². The van der Waals surface area contributed by atoms with E-state index in [1.807, 2.05) is 0 Å². The van der Waals surface area contributed by atoms with E-state index in [0.717, 1.165) is 32.4 Å². The lowest BCUT2D eigenvalue weighted by Crippen LogP contribution is -2.42. The number of likely N-dealkylation sites (N-methyl/N-ethyl adjacent to an activating group) is 1. The zero-order valence-corrected chi connectivity index (χ0v) is 13.2. The monoisotopic (exact) mass is 315 g/mol. The van der Waals surface area contributed by atoms with Crippen LogP contribution >= 0.6 is 0 Å². The van der Waals surface area contributed by atoms with Crippen LogP contribution in [0.3, 0.4) is 0 Å². The molecule has 1 N–H and O–H groups in total. The molecule has 2 fully saturated rings. The molecule has 2 saturated heterocycles. The molecule has 3 aliphatic rings. The molecule has 2 amide bonds. The fraction of sp³-hybridized carbons (Fsp3) is 0.529. The van der Waals surface area contributed by atoms with Gasteiger partial charge in [-0.15, -0.1) is 0 Å². The summed E-state index contributed by atoms with van der Waals surface area (Å²) in [5, 5.41) is 2.77. The summed E-state index contributed by atoms with van der Waals surface area (Å²) in [5.41, 5.74) is 1.21.